The predicted octanol–water partition coefficient (Wildman–Crippen LogP) is 2.00. The minimum absolute atomic E-state index is 0.300. The molecule has 0 amide bonds. The van der Waals surface area contributed by atoms with Crippen LogP contribution in [0.2, 0.25) is 0 Å². The summed E-state index contributed by atoms with van der Waals surface area (Å²) in [7, 11) is 0. The molecule has 2 atom stereocenters. The van der Waals surface area contributed by atoms with Gasteiger partial charge in [-0.1, -0.05) is 18.2 Å². The maximum Gasteiger partial charge on any atom is 0.119 e. The van der Waals surface area contributed by atoms with Gasteiger partial charge in [0, 0.05) is 25.2 Å². The molecule has 0 radical (unpaired) electrons. The molecule has 0 bridgehead atoms. The number of nitrogens with one attached hydrogen (secondary N) is 1. The Morgan fingerprint density at radius 3 is 2.79 bits per heavy atom. The van der Waals surface area contributed by atoms with Crippen molar-refractivity contribution in [1.29, 1.82) is 0 Å². The molecular weight excluding hydrogens is 236 g/mol. The summed E-state index contributed by atoms with van der Waals surface area (Å²) in [6.07, 6.45) is 0. The zero-order valence-corrected chi connectivity index (χ0v) is 11.9. The van der Waals surface area contributed by atoms with Crippen LogP contribution in [-0.2, 0) is 0 Å². The van der Waals surface area contributed by atoms with Crippen molar-refractivity contribution < 1.29 is 4.74 Å². The first-order valence-corrected chi connectivity index (χ1v) is 7.31. The van der Waals surface area contributed by atoms with E-state index in [9.17, 15) is 0 Å². The third kappa shape index (κ3) is 2.49. The van der Waals surface area contributed by atoms with E-state index in [0.717, 1.165) is 30.7 Å². The number of fused-ring (bicyclic) bond motifs is 1. The number of ether oxygens (including phenoxy) is 1. The van der Waals surface area contributed by atoms with Gasteiger partial charge in [0.25, 0.3) is 0 Å². The van der Waals surface area contributed by atoms with Crippen molar-refractivity contribution in [1.82, 2.24) is 10.2 Å². The first kappa shape index (κ1) is 12.9. The van der Waals surface area contributed by atoms with Crippen LogP contribution in [0.5, 0.6) is 5.75 Å². The van der Waals surface area contributed by atoms with Crippen molar-refractivity contribution in [3.63, 3.8) is 0 Å². The average molecular weight is 260 g/mol. The van der Waals surface area contributed by atoms with Gasteiger partial charge in [-0.05, 0) is 44.4 Å². The summed E-state index contributed by atoms with van der Waals surface area (Å²) in [5.74, 6) is 2.59. The van der Waals surface area contributed by atoms with Gasteiger partial charge in [0.2, 0.25) is 0 Å². The second kappa shape index (κ2) is 5.14. The first-order valence-electron chi connectivity index (χ1n) is 7.31. The largest absolute Gasteiger partial charge is 0.492 e. The Morgan fingerprint density at radius 1 is 1.26 bits per heavy atom. The molecule has 104 valence electrons. The molecule has 2 fully saturated rings. The molecule has 1 aromatic rings. The second-order valence-electron chi connectivity index (χ2n) is 6.29. The Balaban J connectivity index is 1.53. The van der Waals surface area contributed by atoms with Crippen molar-refractivity contribution in [2.24, 2.45) is 11.8 Å². The molecular formula is C16H24N2O. The molecule has 3 rings (SSSR count). The van der Waals surface area contributed by atoms with Crippen LogP contribution in [0.3, 0.4) is 0 Å². The Bertz CT molecular complexity index is 418. The van der Waals surface area contributed by atoms with Gasteiger partial charge in [-0.3, -0.25) is 4.90 Å². The minimum atomic E-state index is 0.300. The number of benzene rings is 1. The highest BCUT2D eigenvalue weighted by Crippen LogP contribution is 2.40. The monoisotopic (exact) mass is 260 g/mol. The summed E-state index contributed by atoms with van der Waals surface area (Å²) < 4.78 is 5.83. The molecule has 2 unspecified atom stereocenters. The molecule has 19 heavy (non-hydrogen) atoms. The molecule has 2 saturated heterocycles. The third-order valence-electron chi connectivity index (χ3n) is 4.89. The van der Waals surface area contributed by atoms with Gasteiger partial charge in [0.05, 0.1) is 0 Å². The summed E-state index contributed by atoms with van der Waals surface area (Å²) in [5.41, 5.74) is 0.300. The van der Waals surface area contributed by atoms with Crippen LogP contribution in [0, 0.1) is 11.8 Å². The fourth-order valence-corrected chi connectivity index (χ4v) is 3.67. The molecule has 3 heteroatoms. The molecule has 1 aromatic carbocycles. The van der Waals surface area contributed by atoms with Crippen molar-refractivity contribution in [2.75, 3.05) is 32.8 Å². The van der Waals surface area contributed by atoms with Gasteiger partial charge in [0.1, 0.15) is 12.4 Å². The van der Waals surface area contributed by atoms with E-state index < -0.39 is 0 Å². The second-order valence-corrected chi connectivity index (χ2v) is 6.29. The molecule has 0 aliphatic carbocycles. The van der Waals surface area contributed by atoms with Gasteiger partial charge in [0.15, 0.2) is 0 Å². The molecule has 3 nitrogen and oxygen atoms in total. The highest BCUT2D eigenvalue weighted by atomic mass is 16.5. The van der Waals surface area contributed by atoms with Crippen molar-refractivity contribution in [3.8, 4) is 5.75 Å². The first-order chi connectivity index (χ1) is 9.18. The SMILES string of the molecule is CC1(C)C2CNCC2CN1CCOc1ccccc1. The van der Waals surface area contributed by atoms with Crippen molar-refractivity contribution >= 4 is 0 Å². The quantitative estimate of drug-likeness (QED) is 0.896. The lowest BCUT2D eigenvalue weighted by atomic mass is 9.85. The summed E-state index contributed by atoms with van der Waals surface area (Å²) in [5, 5.41) is 3.52. The number of rotatable bonds is 4. The number of likely N-dealkylation sites (tertiary alicyclic amines) is 1. The summed E-state index contributed by atoms with van der Waals surface area (Å²) in [4.78, 5) is 2.60. The smallest absolute Gasteiger partial charge is 0.119 e. The average Bonchev–Trinajstić information content (AvgIpc) is 2.95. The Labute approximate surface area is 115 Å². The standard InChI is InChI=1S/C16H24N2O/c1-16(2)15-11-17-10-13(15)12-18(16)8-9-19-14-6-4-3-5-7-14/h3-7,13,15,17H,8-12H2,1-2H3. The highest BCUT2D eigenvalue weighted by molar-refractivity contribution is 5.20. The molecule has 2 heterocycles. The van der Waals surface area contributed by atoms with Gasteiger partial charge in [-0.2, -0.15) is 0 Å². The van der Waals surface area contributed by atoms with E-state index in [4.69, 9.17) is 4.74 Å². The molecule has 0 saturated carbocycles. The van der Waals surface area contributed by atoms with Gasteiger partial charge in [-0.15, -0.1) is 0 Å². The molecule has 2 aliphatic rings. The number of nitrogens with zero attached hydrogens (tertiary/aromatic N) is 1. The van der Waals surface area contributed by atoms with Crippen LogP contribution in [0.25, 0.3) is 0 Å². The highest BCUT2D eigenvalue weighted by Gasteiger charge is 2.49. The minimum Gasteiger partial charge on any atom is -0.492 e. The van der Waals surface area contributed by atoms with Crippen LogP contribution in [0.1, 0.15) is 13.8 Å². The molecule has 2 aliphatic heterocycles. The normalized spacial score (nSPS) is 29.4. The molecule has 1 N–H and O–H groups in total. The molecule has 0 aromatic heterocycles. The van der Waals surface area contributed by atoms with Crippen LogP contribution >= 0.6 is 0 Å². The maximum absolute atomic E-state index is 5.83. The van der Waals surface area contributed by atoms with E-state index in [1.807, 2.05) is 30.3 Å². The summed E-state index contributed by atoms with van der Waals surface area (Å²) in [6, 6.07) is 10.1. The number of hydrogen-bond donors (Lipinski definition) is 1. The van der Waals surface area contributed by atoms with Gasteiger partial charge in [-0.25, -0.2) is 0 Å². The topological polar surface area (TPSA) is 24.5 Å². The van der Waals surface area contributed by atoms with Crippen LogP contribution < -0.4 is 10.1 Å². The van der Waals surface area contributed by atoms with Gasteiger partial charge < -0.3 is 10.1 Å². The Kier molecular flexibility index (Phi) is 3.50. The zero-order chi connectivity index (χ0) is 13.3. The fourth-order valence-electron chi connectivity index (χ4n) is 3.67. The summed E-state index contributed by atoms with van der Waals surface area (Å²) in [6.45, 7) is 10.1. The van der Waals surface area contributed by atoms with E-state index in [-0.39, 0.29) is 0 Å². The predicted molar refractivity (Wildman–Crippen MR) is 77.4 cm³/mol. The summed E-state index contributed by atoms with van der Waals surface area (Å²) >= 11 is 0. The third-order valence-corrected chi connectivity index (χ3v) is 4.89. The van der Waals surface area contributed by atoms with E-state index in [0.29, 0.717) is 5.54 Å². The lowest BCUT2D eigenvalue weighted by molar-refractivity contribution is 0.117. The Hall–Kier alpha value is -1.06. The van der Waals surface area contributed by atoms with Crippen molar-refractivity contribution in [2.45, 2.75) is 19.4 Å². The lowest BCUT2D eigenvalue weighted by Gasteiger charge is -2.35. The zero-order valence-electron chi connectivity index (χ0n) is 11.9. The van der Waals surface area contributed by atoms with E-state index in [2.05, 4.69) is 24.1 Å². The van der Waals surface area contributed by atoms with Crippen LogP contribution in [0.4, 0.5) is 0 Å². The number of hydrogen-bond acceptors (Lipinski definition) is 3. The van der Waals surface area contributed by atoms with Crippen molar-refractivity contribution in [3.05, 3.63) is 30.3 Å². The van der Waals surface area contributed by atoms with Gasteiger partial charge >= 0.3 is 0 Å². The van der Waals surface area contributed by atoms with Crippen LogP contribution in [0.15, 0.2) is 30.3 Å². The van der Waals surface area contributed by atoms with Crippen LogP contribution in [-0.4, -0.2) is 43.2 Å². The Morgan fingerprint density at radius 2 is 2.05 bits per heavy atom. The number of para-hydroxylation sites is 1. The van der Waals surface area contributed by atoms with E-state index in [1.165, 1.54) is 19.6 Å². The lowest BCUT2D eigenvalue weighted by Crippen LogP contribution is -2.46. The fraction of sp³-hybridized carbons (Fsp3) is 0.625. The maximum atomic E-state index is 5.83. The van der Waals surface area contributed by atoms with E-state index in [1.54, 1.807) is 0 Å². The molecule has 0 spiro atoms. The van der Waals surface area contributed by atoms with E-state index >= 15 is 0 Å².